The highest BCUT2D eigenvalue weighted by atomic mass is 14.3. The van der Waals surface area contributed by atoms with E-state index < -0.39 is 0 Å². The second kappa shape index (κ2) is 40.2. The molecule has 0 aliphatic carbocycles. The van der Waals surface area contributed by atoms with Crippen molar-refractivity contribution in [3.63, 3.8) is 0 Å². The molecular weight excluding hydrogens is 1800 g/mol. The van der Waals surface area contributed by atoms with Gasteiger partial charge >= 0.3 is 0 Å². The fourth-order valence-corrected chi connectivity index (χ4v) is 23.1. The number of benzene rings is 29. The van der Waals surface area contributed by atoms with E-state index in [4.69, 9.17) is 0 Å². The van der Waals surface area contributed by atoms with Gasteiger partial charge in [-0.2, -0.15) is 0 Å². The van der Waals surface area contributed by atoms with Crippen LogP contribution in [-0.4, -0.2) is 0 Å². The van der Waals surface area contributed by atoms with Crippen LogP contribution in [-0.2, 0) is 0 Å². The minimum atomic E-state index is 1.22. The highest BCUT2D eigenvalue weighted by Gasteiger charge is 2.24. The van der Waals surface area contributed by atoms with Crippen molar-refractivity contribution in [3.8, 4) is 145 Å². The molecule has 0 radical (unpaired) electrons. The average Bonchev–Trinajstić information content (AvgIpc) is 0.738. The van der Waals surface area contributed by atoms with Gasteiger partial charge in [0.05, 0.1) is 0 Å². The van der Waals surface area contributed by atoms with Crippen LogP contribution in [0.15, 0.2) is 607 Å². The monoisotopic (exact) mass is 1900 g/mol. The molecule has 150 heavy (non-hydrogen) atoms. The standard InChI is InChI=1S/C42H28.3C36H24/c1-3-12-29(13-4-1)30-22-24-31(25-23-30)33-16-11-17-34(26-33)35-27-40(32-14-5-2-6-15-32)42-39-21-10-9-19-37(39)36-18-7-8-20-38(36)41(42)28-35;1-3-13-25(14-4-1)28-17-7-8-18-29(28)27-23-34(26-15-5-2-6-16-26)36-33-22-12-11-20-31(33)30-19-9-10-21-32(30)35(36)24-27;1-3-12-25(13-4-1)27-16-11-17-28(22-27)29-23-34(26-14-5-2-6-15-26)36-33-21-10-9-19-31(33)30-18-7-8-20-32(30)35(36)24-29;1-3-11-25(12-4-1)26-19-21-27(22-20-26)29-23-34(28-13-5-2-6-14-28)36-33-18-10-9-16-31(33)30-15-7-8-17-32(30)35(36)24-29/h1-28H;3*1-24H. The van der Waals surface area contributed by atoms with Gasteiger partial charge in [0, 0.05) is 0 Å². The maximum atomic E-state index is 2.40. The largest absolute Gasteiger partial charge is 0.0622 e. The zero-order chi connectivity index (χ0) is 99.6. The molecule has 0 heterocycles. The molecule has 0 atom stereocenters. The molecule has 0 aliphatic heterocycles. The van der Waals surface area contributed by atoms with Crippen molar-refractivity contribution in [1.29, 1.82) is 0 Å². The van der Waals surface area contributed by atoms with Gasteiger partial charge in [0.15, 0.2) is 0 Å². The zero-order valence-corrected chi connectivity index (χ0v) is 82.7. The Kier molecular flexibility index (Phi) is 24.3. The SMILES string of the molecule is c1ccc(-c2ccc(-c3cc(-c4ccccc4)c4c5ccccc5c5ccccc5c4c3)cc2)cc1.c1ccc(-c2ccc(-c3cccc(-c4cc(-c5ccccc5)c5c6ccccc6c6ccccc6c5c4)c3)cc2)cc1.c1ccc(-c2cccc(-c3cc(-c4ccccc4)c4c5ccccc5c5ccccc5c4c3)c2)cc1.c1ccc(-c2ccccc2-c2cc(-c3ccccc3)c3c4ccccc4c4ccccc4c3c2)cc1. The van der Waals surface area contributed by atoms with Gasteiger partial charge in [-0.05, 0) is 335 Å². The summed E-state index contributed by atoms with van der Waals surface area (Å²) in [5.74, 6) is 0. The summed E-state index contributed by atoms with van der Waals surface area (Å²) in [6.45, 7) is 0. The number of rotatable bonds is 13. The lowest BCUT2D eigenvalue weighted by atomic mass is 9.85. The van der Waals surface area contributed by atoms with Gasteiger partial charge in [-0.3, -0.25) is 0 Å². The minimum absolute atomic E-state index is 1.22. The van der Waals surface area contributed by atoms with Gasteiger partial charge in [0.1, 0.15) is 0 Å². The number of hydrogen-bond donors (Lipinski definition) is 0. The van der Waals surface area contributed by atoms with Crippen LogP contribution >= 0.6 is 0 Å². The summed E-state index contributed by atoms with van der Waals surface area (Å²) in [5, 5.41) is 31.2. The molecule has 0 fully saturated rings. The summed E-state index contributed by atoms with van der Waals surface area (Å²) in [4.78, 5) is 0. The Labute approximate surface area is 874 Å². The Morgan fingerprint density at radius 3 is 0.453 bits per heavy atom. The van der Waals surface area contributed by atoms with Crippen molar-refractivity contribution in [2.24, 2.45) is 0 Å². The van der Waals surface area contributed by atoms with Gasteiger partial charge in [-0.15, -0.1) is 0 Å². The van der Waals surface area contributed by atoms with E-state index in [-0.39, 0.29) is 0 Å². The molecule has 0 aromatic heterocycles. The topological polar surface area (TPSA) is 0 Å². The predicted octanol–water partition coefficient (Wildman–Crippen LogP) is 42.3. The molecule has 700 valence electrons. The van der Waals surface area contributed by atoms with Crippen molar-refractivity contribution in [2.75, 3.05) is 0 Å². The van der Waals surface area contributed by atoms with Crippen LogP contribution in [0.25, 0.3) is 274 Å². The fraction of sp³-hybridized carbons (Fsp3) is 0. The third-order valence-electron chi connectivity index (χ3n) is 30.2. The van der Waals surface area contributed by atoms with Gasteiger partial charge in [0.2, 0.25) is 0 Å². The van der Waals surface area contributed by atoms with Gasteiger partial charge < -0.3 is 0 Å². The van der Waals surface area contributed by atoms with Crippen LogP contribution in [0.5, 0.6) is 0 Å². The second-order valence-electron chi connectivity index (χ2n) is 38.9. The Bertz CT molecular complexity index is 10100. The van der Waals surface area contributed by atoms with Gasteiger partial charge in [-0.1, -0.05) is 546 Å². The van der Waals surface area contributed by atoms with E-state index >= 15 is 0 Å². The van der Waals surface area contributed by atoms with E-state index in [0.29, 0.717) is 0 Å². The molecule has 0 bridgehead atoms. The molecule has 0 saturated carbocycles. The Hall–Kier alpha value is -19.5. The lowest BCUT2D eigenvalue weighted by molar-refractivity contribution is 1.58. The zero-order valence-electron chi connectivity index (χ0n) is 82.7. The molecule has 29 rings (SSSR count). The Morgan fingerprint density at radius 1 is 0.0600 bits per heavy atom. The minimum Gasteiger partial charge on any atom is -0.0622 e. The van der Waals surface area contributed by atoms with E-state index in [1.807, 2.05) is 0 Å². The lowest BCUT2D eigenvalue weighted by Crippen LogP contribution is -1.91. The summed E-state index contributed by atoms with van der Waals surface area (Å²) in [5.41, 5.74) is 32.2. The van der Waals surface area contributed by atoms with E-state index in [9.17, 15) is 0 Å². The fourth-order valence-electron chi connectivity index (χ4n) is 23.1. The van der Waals surface area contributed by atoms with Gasteiger partial charge in [0.25, 0.3) is 0 Å². The highest BCUT2D eigenvalue weighted by Crippen LogP contribution is 2.51. The third kappa shape index (κ3) is 17.3. The predicted molar refractivity (Wildman–Crippen MR) is 647 cm³/mol. The first kappa shape index (κ1) is 90.5. The lowest BCUT2D eigenvalue weighted by Gasteiger charge is -2.18. The van der Waals surface area contributed by atoms with E-state index in [0.717, 1.165) is 0 Å². The molecule has 29 aromatic carbocycles. The first-order valence-corrected chi connectivity index (χ1v) is 51.9. The molecule has 0 saturated heterocycles. The van der Waals surface area contributed by atoms with Crippen molar-refractivity contribution in [1.82, 2.24) is 0 Å². The van der Waals surface area contributed by atoms with Crippen molar-refractivity contribution in [2.45, 2.75) is 0 Å². The van der Waals surface area contributed by atoms with E-state index in [1.54, 1.807) is 0 Å². The van der Waals surface area contributed by atoms with Crippen molar-refractivity contribution < 1.29 is 0 Å². The Balaban J connectivity index is 0.000000101. The summed E-state index contributed by atoms with van der Waals surface area (Å²) >= 11 is 0. The molecule has 0 N–H and O–H groups in total. The van der Waals surface area contributed by atoms with Crippen LogP contribution in [0.3, 0.4) is 0 Å². The van der Waals surface area contributed by atoms with Crippen LogP contribution in [0, 0.1) is 0 Å². The van der Waals surface area contributed by atoms with E-state index in [1.165, 1.54) is 274 Å². The van der Waals surface area contributed by atoms with Gasteiger partial charge in [-0.25, -0.2) is 0 Å². The molecule has 0 amide bonds. The van der Waals surface area contributed by atoms with Crippen LogP contribution in [0.4, 0.5) is 0 Å². The van der Waals surface area contributed by atoms with Crippen molar-refractivity contribution in [3.05, 3.63) is 607 Å². The first-order chi connectivity index (χ1) is 74.4. The summed E-state index contributed by atoms with van der Waals surface area (Å²) in [6.07, 6.45) is 0. The normalized spacial score (nSPS) is 11.3. The summed E-state index contributed by atoms with van der Waals surface area (Å²) in [7, 11) is 0. The Morgan fingerprint density at radius 2 is 0.200 bits per heavy atom. The number of fused-ring (bicyclic) bond motifs is 24. The van der Waals surface area contributed by atoms with Crippen molar-refractivity contribution >= 4 is 129 Å². The third-order valence-corrected chi connectivity index (χ3v) is 30.2. The molecule has 0 spiro atoms. The summed E-state index contributed by atoms with van der Waals surface area (Å²) in [6, 6.07) is 220. The molecule has 29 aromatic rings. The molecule has 0 aliphatic rings. The first-order valence-electron chi connectivity index (χ1n) is 51.9. The second-order valence-corrected chi connectivity index (χ2v) is 38.9. The van der Waals surface area contributed by atoms with E-state index in [2.05, 4.69) is 607 Å². The smallest absolute Gasteiger partial charge is 0.00199 e. The molecular formula is C150H100. The molecule has 0 nitrogen and oxygen atoms in total. The maximum Gasteiger partial charge on any atom is -0.00199 e. The molecule has 0 heteroatoms. The highest BCUT2D eigenvalue weighted by molar-refractivity contribution is 6.33. The maximum absolute atomic E-state index is 2.40. The van der Waals surface area contributed by atoms with Crippen LogP contribution in [0.1, 0.15) is 0 Å². The van der Waals surface area contributed by atoms with Crippen LogP contribution in [0.2, 0.25) is 0 Å². The average molecular weight is 1900 g/mol. The molecule has 0 unspecified atom stereocenters. The summed E-state index contributed by atoms with van der Waals surface area (Å²) < 4.78 is 0. The van der Waals surface area contributed by atoms with Crippen LogP contribution < -0.4 is 0 Å². The quantitative estimate of drug-likeness (QED) is 0.101. The number of hydrogen-bond acceptors (Lipinski definition) is 0.